The number of hydrogen-bond donors (Lipinski definition) is 2. The number of nitrogens with one attached hydrogen (secondary N) is 1. The van der Waals surface area contributed by atoms with Gasteiger partial charge in [0.15, 0.2) is 0 Å². The quantitative estimate of drug-likeness (QED) is 0.680. The van der Waals surface area contributed by atoms with Crippen molar-refractivity contribution in [1.82, 2.24) is 5.32 Å². The lowest BCUT2D eigenvalue weighted by molar-refractivity contribution is -0.120. The molecular formula is C9H18ClNO2. The first kappa shape index (κ1) is 12.7. The molecule has 2 N–H and O–H groups in total. The second kappa shape index (κ2) is 5.45. The van der Waals surface area contributed by atoms with E-state index in [4.69, 9.17) is 16.7 Å². The number of aliphatic hydroxyl groups is 1. The Morgan fingerprint density at radius 1 is 1.54 bits per heavy atom. The smallest absolute Gasteiger partial charge is 0.235 e. The van der Waals surface area contributed by atoms with E-state index in [0.29, 0.717) is 6.42 Å². The van der Waals surface area contributed by atoms with Crippen LogP contribution >= 0.6 is 11.6 Å². The van der Waals surface area contributed by atoms with Crippen LogP contribution in [0.1, 0.15) is 27.2 Å². The lowest BCUT2D eigenvalue weighted by Gasteiger charge is -2.30. The standard InChI is InChI=1S/C9H18ClNO2/c1-9(2,3)7(4-5-12)11-8(13)6-10/h7,12H,4-6H2,1-3H3,(H,11,13). The molecule has 1 unspecified atom stereocenters. The van der Waals surface area contributed by atoms with Crippen molar-refractivity contribution in [3.8, 4) is 0 Å². The van der Waals surface area contributed by atoms with Crippen LogP contribution in [0.5, 0.6) is 0 Å². The largest absolute Gasteiger partial charge is 0.396 e. The molecule has 0 aromatic rings. The molecule has 13 heavy (non-hydrogen) atoms. The Kier molecular flexibility index (Phi) is 5.33. The summed E-state index contributed by atoms with van der Waals surface area (Å²) in [5.74, 6) is -0.215. The van der Waals surface area contributed by atoms with E-state index in [2.05, 4.69) is 5.32 Å². The summed E-state index contributed by atoms with van der Waals surface area (Å²) in [5.41, 5.74) is -0.0511. The highest BCUT2D eigenvalue weighted by molar-refractivity contribution is 6.27. The zero-order valence-corrected chi connectivity index (χ0v) is 9.19. The third-order valence-corrected chi connectivity index (χ3v) is 2.16. The molecule has 1 atom stereocenters. The summed E-state index contributed by atoms with van der Waals surface area (Å²) in [6, 6.07) is -0.0243. The van der Waals surface area contributed by atoms with Gasteiger partial charge in [-0.15, -0.1) is 11.6 Å². The van der Waals surface area contributed by atoms with E-state index < -0.39 is 0 Å². The van der Waals surface area contributed by atoms with Crippen molar-refractivity contribution in [2.24, 2.45) is 5.41 Å². The minimum absolute atomic E-state index is 0.0243. The SMILES string of the molecule is CC(C)(C)C(CCO)NC(=O)CCl. The third kappa shape index (κ3) is 5.11. The summed E-state index contributed by atoms with van der Waals surface area (Å²) < 4.78 is 0. The molecule has 0 fully saturated rings. The molecule has 0 aliphatic carbocycles. The molecule has 0 aromatic carbocycles. The molecule has 1 amide bonds. The van der Waals surface area contributed by atoms with Crippen molar-refractivity contribution in [3.05, 3.63) is 0 Å². The lowest BCUT2D eigenvalue weighted by Crippen LogP contribution is -2.44. The number of alkyl halides is 1. The highest BCUT2D eigenvalue weighted by atomic mass is 35.5. The van der Waals surface area contributed by atoms with Gasteiger partial charge >= 0.3 is 0 Å². The Balaban J connectivity index is 4.18. The van der Waals surface area contributed by atoms with E-state index >= 15 is 0 Å². The Bertz CT molecular complexity index is 165. The summed E-state index contributed by atoms with van der Waals surface area (Å²) in [4.78, 5) is 11.0. The number of carbonyl (C=O) groups is 1. The van der Waals surface area contributed by atoms with E-state index in [0.717, 1.165) is 0 Å². The van der Waals surface area contributed by atoms with Gasteiger partial charge in [0.25, 0.3) is 0 Å². The van der Waals surface area contributed by atoms with Crippen molar-refractivity contribution in [1.29, 1.82) is 0 Å². The number of rotatable bonds is 4. The highest BCUT2D eigenvalue weighted by Crippen LogP contribution is 2.21. The van der Waals surface area contributed by atoms with Crippen LogP contribution in [-0.4, -0.2) is 29.5 Å². The van der Waals surface area contributed by atoms with Crippen molar-refractivity contribution in [2.75, 3.05) is 12.5 Å². The Morgan fingerprint density at radius 2 is 2.08 bits per heavy atom. The molecule has 0 heterocycles. The third-order valence-electron chi connectivity index (χ3n) is 1.92. The molecule has 0 radical (unpaired) electrons. The zero-order valence-electron chi connectivity index (χ0n) is 8.43. The lowest BCUT2D eigenvalue weighted by atomic mass is 9.85. The van der Waals surface area contributed by atoms with E-state index in [9.17, 15) is 4.79 Å². The van der Waals surface area contributed by atoms with Crippen LogP contribution in [0.15, 0.2) is 0 Å². The monoisotopic (exact) mass is 207 g/mol. The minimum Gasteiger partial charge on any atom is -0.396 e. The van der Waals surface area contributed by atoms with Crippen molar-refractivity contribution in [2.45, 2.75) is 33.2 Å². The maximum absolute atomic E-state index is 11.0. The Labute approximate surface area is 84.5 Å². The van der Waals surface area contributed by atoms with Gasteiger partial charge in [0.05, 0.1) is 0 Å². The van der Waals surface area contributed by atoms with Gasteiger partial charge in [-0.3, -0.25) is 4.79 Å². The van der Waals surface area contributed by atoms with E-state index in [1.165, 1.54) is 0 Å². The van der Waals surface area contributed by atoms with Gasteiger partial charge in [-0.05, 0) is 11.8 Å². The van der Waals surface area contributed by atoms with Gasteiger partial charge in [0.2, 0.25) is 5.91 Å². The molecule has 0 spiro atoms. The maximum atomic E-state index is 11.0. The highest BCUT2D eigenvalue weighted by Gasteiger charge is 2.25. The normalized spacial score (nSPS) is 13.9. The second-order valence-corrected chi connectivity index (χ2v) is 4.40. The summed E-state index contributed by atoms with van der Waals surface area (Å²) >= 11 is 5.37. The maximum Gasteiger partial charge on any atom is 0.235 e. The molecule has 0 bridgehead atoms. The van der Waals surface area contributed by atoms with Gasteiger partial charge in [0, 0.05) is 12.6 Å². The van der Waals surface area contributed by atoms with Gasteiger partial charge in [-0.25, -0.2) is 0 Å². The molecule has 0 aliphatic rings. The van der Waals surface area contributed by atoms with Crippen LogP contribution in [0, 0.1) is 5.41 Å². The molecule has 3 nitrogen and oxygen atoms in total. The van der Waals surface area contributed by atoms with Crippen molar-refractivity contribution in [3.63, 3.8) is 0 Å². The number of carbonyl (C=O) groups excluding carboxylic acids is 1. The number of aliphatic hydroxyl groups excluding tert-OH is 1. The van der Waals surface area contributed by atoms with Gasteiger partial charge < -0.3 is 10.4 Å². The molecule has 0 saturated carbocycles. The summed E-state index contributed by atoms with van der Waals surface area (Å²) in [6.07, 6.45) is 0.562. The number of amides is 1. The Morgan fingerprint density at radius 3 is 2.38 bits per heavy atom. The van der Waals surface area contributed by atoms with Gasteiger partial charge in [-0.1, -0.05) is 20.8 Å². The summed E-state index contributed by atoms with van der Waals surface area (Å²) in [6.45, 7) is 6.12. The minimum atomic E-state index is -0.185. The first-order valence-electron chi connectivity index (χ1n) is 4.38. The van der Waals surface area contributed by atoms with Crippen molar-refractivity contribution < 1.29 is 9.90 Å². The average Bonchev–Trinajstić information content (AvgIpc) is 2.01. The van der Waals surface area contributed by atoms with Crippen LogP contribution in [0.2, 0.25) is 0 Å². The number of halogens is 1. The average molecular weight is 208 g/mol. The topological polar surface area (TPSA) is 49.3 Å². The van der Waals surface area contributed by atoms with Crippen LogP contribution in [0.4, 0.5) is 0 Å². The molecule has 0 saturated heterocycles. The van der Waals surface area contributed by atoms with Crippen molar-refractivity contribution >= 4 is 17.5 Å². The zero-order chi connectivity index (χ0) is 10.5. The molecular weight excluding hydrogens is 190 g/mol. The van der Waals surface area contributed by atoms with Crippen LogP contribution < -0.4 is 5.32 Å². The first-order valence-corrected chi connectivity index (χ1v) is 4.91. The van der Waals surface area contributed by atoms with Gasteiger partial charge in [0.1, 0.15) is 5.88 Å². The van der Waals surface area contributed by atoms with Crippen LogP contribution in [-0.2, 0) is 4.79 Å². The van der Waals surface area contributed by atoms with E-state index in [1.807, 2.05) is 20.8 Å². The number of hydrogen-bond acceptors (Lipinski definition) is 2. The summed E-state index contributed by atoms with van der Waals surface area (Å²) in [7, 11) is 0. The Hall–Kier alpha value is -0.280. The van der Waals surface area contributed by atoms with Crippen LogP contribution in [0.3, 0.4) is 0 Å². The predicted octanol–water partition coefficient (Wildman–Crippen LogP) is 1.14. The molecule has 0 aromatic heterocycles. The molecule has 0 aliphatic heterocycles. The molecule has 0 rings (SSSR count). The van der Waals surface area contributed by atoms with E-state index in [-0.39, 0.29) is 29.9 Å². The fourth-order valence-corrected chi connectivity index (χ4v) is 1.16. The molecule has 4 heteroatoms. The first-order chi connectivity index (χ1) is 5.91. The summed E-state index contributed by atoms with van der Waals surface area (Å²) in [5, 5.41) is 11.6. The molecule has 78 valence electrons. The van der Waals surface area contributed by atoms with Gasteiger partial charge in [-0.2, -0.15) is 0 Å². The second-order valence-electron chi connectivity index (χ2n) is 4.13. The fourth-order valence-electron chi connectivity index (χ4n) is 1.08. The van der Waals surface area contributed by atoms with Crippen LogP contribution in [0.25, 0.3) is 0 Å². The van der Waals surface area contributed by atoms with E-state index in [1.54, 1.807) is 0 Å². The predicted molar refractivity (Wildman–Crippen MR) is 53.8 cm³/mol. The fraction of sp³-hybridized carbons (Fsp3) is 0.889.